The van der Waals surface area contributed by atoms with Crippen molar-refractivity contribution in [3.05, 3.63) is 23.5 Å². The van der Waals surface area contributed by atoms with Crippen LogP contribution in [0.3, 0.4) is 0 Å². The molecule has 2 aliphatic rings. The SMILES string of the molecule is C[C@@H]1CN(c2cc(S(=O)(=O)NC3(C)CC3)cn3c(-c4nnc(C(F)F)s4)ncc23)[C@@H](C)[C@@H](CF)N1. The van der Waals surface area contributed by atoms with E-state index in [0.29, 0.717) is 29.1 Å². The van der Waals surface area contributed by atoms with Gasteiger partial charge in [-0.1, -0.05) is 11.3 Å². The molecule has 0 unspecified atom stereocenters. The predicted molar refractivity (Wildman–Crippen MR) is 126 cm³/mol. The number of pyridine rings is 1. The van der Waals surface area contributed by atoms with Crippen LogP contribution in [0.5, 0.6) is 0 Å². The molecule has 0 amide bonds. The molecular weight excluding hydrogens is 503 g/mol. The zero-order chi connectivity index (χ0) is 25.1. The number of rotatable bonds is 7. The van der Waals surface area contributed by atoms with E-state index in [2.05, 4.69) is 25.2 Å². The third-order valence-electron chi connectivity index (χ3n) is 6.62. The topological polar surface area (TPSA) is 105 Å². The Hall–Kier alpha value is -2.29. The molecule has 4 heterocycles. The molecule has 0 aromatic carbocycles. The Morgan fingerprint density at radius 2 is 2.06 bits per heavy atom. The first-order valence-electron chi connectivity index (χ1n) is 11.3. The van der Waals surface area contributed by atoms with Crippen LogP contribution in [-0.2, 0) is 10.0 Å². The van der Waals surface area contributed by atoms with Crippen LogP contribution in [0.2, 0.25) is 0 Å². The molecule has 2 fully saturated rings. The first-order chi connectivity index (χ1) is 16.5. The molecule has 0 radical (unpaired) electrons. The average Bonchev–Trinajstić information content (AvgIpc) is 3.18. The first kappa shape index (κ1) is 24.4. The summed E-state index contributed by atoms with van der Waals surface area (Å²) in [4.78, 5) is 6.35. The number of halogens is 3. The number of alkyl halides is 3. The monoisotopic (exact) mass is 529 g/mol. The lowest BCUT2D eigenvalue weighted by atomic mass is 10.0. The van der Waals surface area contributed by atoms with Crippen molar-refractivity contribution in [2.24, 2.45) is 0 Å². The molecule has 1 saturated carbocycles. The molecule has 35 heavy (non-hydrogen) atoms. The lowest BCUT2D eigenvalue weighted by Crippen LogP contribution is -2.61. The first-order valence-corrected chi connectivity index (χ1v) is 13.6. The lowest BCUT2D eigenvalue weighted by molar-refractivity contribution is 0.150. The Morgan fingerprint density at radius 1 is 1.31 bits per heavy atom. The second kappa shape index (κ2) is 8.68. The molecule has 5 rings (SSSR count). The van der Waals surface area contributed by atoms with Gasteiger partial charge in [-0.25, -0.2) is 31.3 Å². The van der Waals surface area contributed by atoms with Crippen LogP contribution in [0.1, 0.15) is 45.0 Å². The van der Waals surface area contributed by atoms with E-state index in [4.69, 9.17) is 0 Å². The molecule has 3 aromatic rings. The van der Waals surface area contributed by atoms with E-state index in [-0.39, 0.29) is 27.8 Å². The van der Waals surface area contributed by atoms with E-state index in [9.17, 15) is 21.6 Å². The number of hydrogen-bond donors (Lipinski definition) is 2. The highest BCUT2D eigenvalue weighted by Gasteiger charge is 2.42. The number of hydrogen-bond acceptors (Lipinski definition) is 8. The molecule has 9 nitrogen and oxygen atoms in total. The highest BCUT2D eigenvalue weighted by Crippen LogP contribution is 2.38. The predicted octanol–water partition coefficient (Wildman–Crippen LogP) is 3.15. The van der Waals surface area contributed by atoms with Gasteiger partial charge in [-0.05, 0) is 39.7 Å². The number of aromatic nitrogens is 4. The number of sulfonamides is 1. The van der Waals surface area contributed by atoms with Crippen molar-refractivity contribution >= 4 is 32.6 Å². The number of piperazine rings is 1. The van der Waals surface area contributed by atoms with Gasteiger partial charge in [0.25, 0.3) is 6.43 Å². The van der Waals surface area contributed by atoms with Gasteiger partial charge in [0.1, 0.15) is 11.6 Å². The minimum absolute atomic E-state index is 0.00107. The number of imidazole rings is 1. The fourth-order valence-electron chi connectivity index (χ4n) is 4.40. The molecule has 14 heteroatoms. The van der Waals surface area contributed by atoms with Gasteiger partial charge >= 0.3 is 0 Å². The van der Waals surface area contributed by atoms with E-state index in [1.165, 1.54) is 6.20 Å². The number of fused-ring (bicyclic) bond motifs is 1. The molecule has 0 bridgehead atoms. The standard InChI is InChI=1S/C21H26F3N7O2S2/c1-11-9-30(12(2)14(7-22)26-11)15-6-13(35(32,33)29-21(3)4-5-21)10-31-16(15)8-25-18(31)20-28-27-19(34-20)17(23)24/h6,8,10-12,14,17,26,29H,4-5,7,9H2,1-3H3/t11-,12+,14-/m1/s1. The molecular formula is C21H26F3N7O2S2. The van der Waals surface area contributed by atoms with Crippen molar-refractivity contribution < 1.29 is 21.6 Å². The molecule has 0 spiro atoms. The number of nitrogens with zero attached hydrogens (tertiary/aromatic N) is 5. The Bertz CT molecular complexity index is 1360. The van der Waals surface area contributed by atoms with Crippen LogP contribution < -0.4 is 14.9 Å². The van der Waals surface area contributed by atoms with Gasteiger partial charge < -0.3 is 10.2 Å². The second-order valence-corrected chi connectivity index (χ2v) is 12.2. The normalized spacial score (nSPS) is 24.4. The fraction of sp³-hybridized carbons (Fsp3) is 0.571. The maximum atomic E-state index is 13.8. The van der Waals surface area contributed by atoms with Crippen molar-refractivity contribution in [1.82, 2.24) is 29.6 Å². The van der Waals surface area contributed by atoms with E-state index in [1.807, 2.05) is 25.7 Å². The van der Waals surface area contributed by atoms with Gasteiger partial charge in [0.05, 0.1) is 23.4 Å². The van der Waals surface area contributed by atoms with Crippen LogP contribution in [0.4, 0.5) is 18.9 Å². The Morgan fingerprint density at radius 3 is 2.69 bits per heavy atom. The number of anilines is 1. The Balaban J connectivity index is 1.68. The summed E-state index contributed by atoms with van der Waals surface area (Å²) in [5.41, 5.74) is 0.627. The third kappa shape index (κ3) is 4.52. The van der Waals surface area contributed by atoms with Gasteiger partial charge in [-0.15, -0.1) is 10.2 Å². The maximum Gasteiger partial charge on any atom is 0.291 e. The summed E-state index contributed by atoms with van der Waals surface area (Å²) < 4.78 is 71.0. The lowest BCUT2D eigenvalue weighted by Gasteiger charge is -2.44. The summed E-state index contributed by atoms with van der Waals surface area (Å²) in [5.74, 6) is 0.207. The minimum atomic E-state index is -3.91. The van der Waals surface area contributed by atoms with Gasteiger partial charge in [0.2, 0.25) is 10.0 Å². The molecule has 2 N–H and O–H groups in total. The third-order valence-corrected chi connectivity index (χ3v) is 9.15. The zero-order valence-electron chi connectivity index (χ0n) is 19.4. The molecule has 3 atom stereocenters. The second-order valence-electron chi connectivity index (χ2n) is 9.53. The summed E-state index contributed by atoms with van der Waals surface area (Å²) in [7, 11) is -3.91. The minimum Gasteiger partial charge on any atom is -0.364 e. The van der Waals surface area contributed by atoms with Crippen LogP contribution in [0, 0.1) is 0 Å². The molecule has 1 aliphatic carbocycles. The zero-order valence-corrected chi connectivity index (χ0v) is 21.0. The highest BCUT2D eigenvalue weighted by molar-refractivity contribution is 7.89. The fourth-order valence-corrected chi connectivity index (χ4v) is 6.58. The molecule has 3 aromatic heterocycles. The quantitative estimate of drug-likeness (QED) is 0.485. The van der Waals surface area contributed by atoms with Gasteiger partial charge in [0.15, 0.2) is 15.8 Å². The van der Waals surface area contributed by atoms with E-state index in [0.717, 1.165) is 12.8 Å². The summed E-state index contributed by atoms with van der Waals surface area (Å²) in [6.45, 7) is 5.58. The Labute approximate surface area is 204 Å². The van der Waals surface area contributed by atoms with E-state index >= 15 is 0 Å². The maximum absolute atomic E-state index is 13.8. The van der Waals surface area contributed by atoms with E-state index in [1.54, 1.807) is 16.7 Å². The summed E-state index contributed by atoms with van der Waals surface area (Å²) in [6.07, 6.45) is 1.67. The molecule has 190 valence electrons. The van der Waals surface area contributed by atoms with E-state index < -0.39 is 39.7 Å². The smallest absolute Gasteiger partial charge is 0.291 e. The summed E-state index contributed by atoms with van der Waals surface area (Å²) in [6, 6.07) is 0.803. The Kier molecular flexibility index (Phi) is 6.05. The van der Waals surface area contributed by atoms with Gasteiger partial charge in [0, 0.05) is 30.4 Å². The van der Waals surface area contributed by atoms with Crippen LogP contribution >= 0.6 is 11.3 Å². The van der Waals surface area contributed by atoms with Crippen molar-refractivity contribution in [3.8, 4) is 10.8 Å². The van der Waals surface area contributed by atoms with Crippen molar-refractivity contribution in [2.75, 3.05) is 18.1 Å². The van der Waals surface area contributed by atoms with Crippen LogP contribution in [-0.4, -0.2) is 64.9 Å². The molecule has 1 saturated heterocycles. The number of nitrogens with one attached hydrogen (secondary N) is 2. The van der Waals surface area contributed by atoms with Crippen molar-refractivity contribution in [3.63, 3.8) is 0 Å². The van der Waals surface area contributed by atoms with Crippen LogP contribution in [0.25, 0.3) is 16.3 Å². The van der Waals surface area contributed by atoms with Crippen molar-refractivity contribution in [2.45, 2.75) is 68.6 Å². The van der Waals surface area contributed by atoms with Gasteiger partial charge in [-0.2, -0.15) is 0 Å². The molecule has 1 aliphatic heterocycles. The van der Waals surface area contributed by atoms with Gasteiger partial charge in [-0.3, -0.25) is 4.40 Å². The summed E-state index contributed by atoms with van der Waals surface area (Å²) in [5, 5.41) is 10.3. The average molecular weight is 530 g/mol. The summed E-state index contributed by atoms with van der Waals surface area (Å²) >= 11 is 0.699. The van der Waals surface area contributed by atoms with Crippen molar-refractivity contribution in [1.29, 1.82) is 0 Å². The highest BCUT2D eigenvalue weighted by atomic mass is 32.2. The largest absolute Gasteiger partial charge is 0.364 e. The van der Waals surface area contributed by atoms with Crippen LogP contribution in [0.15, 0.2) is 23.4 Å².